The van der Waals surface area contributed by atoms with Crippen LogP contribution in [0.15, 0.2) is 18.2 Å². The molecular formula is C15H18ClFO4. The van der Waals surface area contributed by atoms with Gasteiger partial charge >= 0.3 is 11.9 Å². The van der Waals surface area contributed by atoms with Gasteiger partial charge in [0, 0.05) is 11.4 Å². The van der Waals surface area contributed by atoms with E-state index in [2.05, 4.69) is 0 Å². The number of esters is 1. The molecule has 0 bridgehead atoms. The molecular weight excluding hydrogens is 299 g/mol. The topological polar surface area (TPSA) is 63.6 Å². The van der Waals surface area contributed by atoms with Crippen molar-refractivity contribution in [3.05, 3.63) is 34.6 Å². The standard InChI is InChI=1S/C15H18ClFO4/c1-3-7-15(13(18)19,14(20)21-4-2)9-10-8-11(17)5-6-12(10)16/h5-6,8H,3-4,7,9H2,1-2H3,(H,18,19). The average molecular weight is 317 g/mol. The number of rotatable bonds is 7. The van der Waals surface area contributed by atoms with E-state index < -0.39 is 23.2 Å². The number of carboxylic acids is 1. The maximum Gasteiger partial charge on any atom is 0.323 e. The molecule has 1 aromatic carbocycles. The molecule has 0 heterocycles. The maximum absolute atomic E-state index is 13.3. The van der Waals surface area contributed by atoms with Gasteiger partial charge in [-0.25, -0.2) is 4.39 Å². The van der Waals surface area contributed by atoms with Crippen molar-refractivity contribution in [2.45, 2.75) is 33.1 Å². The smallest absolute Gasteiger partial charge is 0.323 e. The number of halogens is 2. The Labute approximate surface area is 127 Å². The van der Waals surface area contributed by atoms with Crippen LogP contribution in [0.3, 0.4) is 0 Å². The fourth-order valence-electron chi connectivity index (χ4n) is 2.23. The molecule has 0 aliphatic heterocycles. The van der Waals surface area contributed by atoms with E-state index in [0.29, 0.717) is 6.42 Å². The molecule has 21 heavy (non-hydrogen) atoms. The average Bonchev–Trinajstić information content (AvgIpc) is 2.42. The van der Waals surface area contributed by atoms with E-state index in [4.69, 9.17) is 16.3 Å². The summed E-state index contributed by atoms with van der Waals surface area (Å²) in [6.07, 6.45) is 0.359. The SMILES string of the molecule is CCCC(Cc1cc(F)ccc1Cl)(C(=O)O)C(=O)OCC. The van der Waals surface area contributed by atoms with E-state index in [1.54, 1.807) is 13.8 Å². The summed E-state index contributed by atoms with van der Waals surface area (Å²) in [5, 5.41) is 9.76. The Balaban J connectivity index is 3.26. The largest absolute Gasteiger partial charge is 0.480 e. The van der Waals surface area contributed by atoms with Gasteiger partial charge in [0.2, 0.25) is 0 Å². The van der Waals surface area contributed by atoms with Gasteiger partial charge < -0.3 is 9.84 Å². The van der Waals surface area contributed by atoms with Gasteiger partial charge in [0.1, 0.15) is 5.82 Å². The number of aliphatic carboxylic acids is 1. The molecule has 0 saturated heterocycles. The third-order valence-electron chi connectivity index (χ3n) is 3.25. The molecule has 0 aromatic heterocycles. The number of carbonyl (C=O) groups is 2. The lowest BCUT2D eigenvalue weighted by atomic mass is 9.77. The molecule has 0 aliphatic rings. The number of ether oxygens (including phenoxy) is 1. The van der Waals surface area contributed by atoms with Crippen LogP contribution in [0.5, 0.6) is 0 Å². The highest BCUT2D eigenvalue weighted by molar-refractivity contribution is 6.31. The first-order chi connectivity index (χ1) is 9.87. The minimum absolute atomic E-state index is 0.0778. The fraction of sp³-hybridized carbons (Fsp3) is 0.467. The zero-order chi connectivity index (χ0) is 16.0. The highest BCUT2D eigenvalue weighted by atomic mass is 35.5. The number of carboxylic acid groups (broad SMARTS) is 1. The second-order valence-corrected chi connectivity index (χ2v) is 5.18. The van der Waals surface area contributed by atoms with E-state index in [-0.39, 0.29) is 30.0 Å². The van der Waals surface area contributed by atoms with E-state index in [9.17, 15) is 19.1 Å². The van der Waals surface area contributed by atoms with Gasteiger partial charge in [-0.2, -0.15) is 0 Å². The fourth-order valence-corrected chi connectivity index (χ4v) is 2.42. The summed E-state index contributed by atoms with van der Waals surface area (Å²) in [5.74, 6) is -2.64. The minimum Gasteiger partial charge on any atom is -0.480 e. The Morgan fingerprint density at radius 2 is 2.05 bits per heavy atom. The van der Waals surface area contributed by atoms with Crippen LogP contribution in [0.25, 0.3) is 0 Å². The molecule has 1 rings (SSSR count). The van der Waals surface area contributed by atoms with Crippen LogP contribution in [0, 0.1) is 11.2 Å². The molecule has 0 spiro atoms. The summed E-state index contributed by atoms with van der Waals surface area (Å²) < 4.78 is 18.2. The van der Waals surface area contributed by atoms with Crippen molar-refractivity contribution in [3.8, 4) is 0 Å². The van der Waals surface area contributed by atoms with Crippen LogP contribution in [0.2, 0.25) is 5.02 Å². The van der Waals surface area contributed by atoms with Gasteiger partial charge in [0.25, 0.3) is 0 Å². The lowest BCUT2D eigenvalue weighted by molar-refractivity contribution is -0.169. The molecule has 1 atom stereocenters. The van der Waals surface area contributed by atoms with Crippen LogP contribution in [0.4, 0.5) is 4.39 Å². The molecule has 0 aliphatic carbocycles. The van der Waals surface area contributed by atoms with Crippen LogP contribution < -0.4 is 0 Å². The van der Waals surface area contributed by atoms with Crippen LogP contribution in [-0.4, -0.2) is 23.7 Å². The van der Waals surface area contributed by atoms with Crippen LogP contribution in [-0.2, 0) is 20.7 Å². The Hall–Kier alpha value is -1.62. The van der Waals surface area contributed by atoms with Crippen molar-refractivity contribution in [1.29, 1.82) is 0 Å². The van der Waals surface area contributed by atoms with Gasteiger partial charge in [-0.1, -0.05) is 24.9 Å². The first-order valence-electron chi connectivity index (χ1n) is 6.72. The third-order valence-corrected chi connectivity index (χ3v) is 3.62. The molecule has 1 N–H and O–H groups in total. The predicted octanol–water partition coefficient (Wildman–Crippen LogP) is 3.46. The number of benzene rings is 1. The van der Waals surface area contributed by atoms with Crippen molar-refractivity contribution in [2.75, 3.05) is 6.61 Å². The van der Waals surface area contributed by atoms with Gasteiger partial charge in [-0.3, -0.25) is 9.59 Å². The van der Waals surface area contributed by atoms with Crippen molar-refractivity contribution in [2.24, 2.45) is 5.41 Å². The molecule has 0 fully saturated rings. The summed E-state index contributed by atoms with van der Waals surface area (Å²) in [7, 11) is 0. The van der Waals surface area contributed by atoms with Gasteiger partial charge in [-0.05, 0) is 37.1 Å². The van der Waals surface area contributed by atoms with Crippen molar-refractivity contribution in [1.82, 2.24) is 0 Å². The predicted molar refractivity (Wildman–Crippen MR) is 76.7 cm³/mol. The molecule has 4 nitrogen and oxygen atoms in total. The quantitative estimate of drug-likeness (QED) is 0.618. The summed E-state index contributed by atoms with van der Waals surface area (Å²) in [6.45, 7) is 3.45. The normalized spacial score (nSPS) is 13.5. The molecule has 0 radical (unpaired) electrons. The van der Waals surface area contributed by atoms with Crippen molar-refractivity contribution < 1.29 is 23.8 Å². The Morgan fingerprint density at radius 3 is 2.57 bits per heavy atom. The van der Waals surface area contributed by atoms with Crippen molar-refractivity contribution >= 4 is 23.5 Å². The molecule has 116 valence electrons. The number of carbonyl (C=O) groups excluding carboxylic acids is 1. The Bertz CT molecular complexity index is 532. The van der Waals surface area contributed by atoms with Crippen LogP contribution in [0.1, 0.15) is 32.3 Å². The molecule has 0 amide bonds. The molecule has 1 aromatic rings. The highest BCUT2D eigenvalue weighted by Gasteiger charge is 2.47. The monoisotopic (exact) mass is 316 g/mol. The maximum atomic E-state index is 13.3. The first kappa shape index (κ1) is 17.4. The first-order valence-corrected chi connectivity index (χ1v) is 7.09. The molecule has 1 unspecified atom stereocenters. The van der Waals surface area contributed by atoms with E-state index in [1.807, 2.05) is 0 Å². The zero-order valence-corrected chi connectivity index (χ0v) is 12.7. The Kier molecular flexibility index (Phi) is 6.15. The summed E-state index contributed by atoms with van der Waals surface area (Å²) >= 11 is 5.98. The molecule has 6 heteroatoms. The molecule has 0 saturated carbocycles. The summed E-state index contributed by atoms with van der Waals surface area (Å²) in [5.41, 5.74) is -1.47. The van der Waals surface area contributed by atoms with Crippen molar-refractivity contribution in [3.63, 3.8) is 0 Å². The second-order valence-electron chi connectivity index (χ2n) is 4.77. The van der Waals surface area contributed by atoms with Gasteiger partial charge in [0.05, 0.1) is 6.61 Å². The number of hydrogen-bond acceptors (Lipinski definition) is 3. The minimum atomic E-state index is -1.75. The van der Waals surface area contributed by atoms with Gasteiger partial charge in [-0.15, -0.1) is 0 Å². The zero-order valence-electron chi connectivity index (χ0n) is 12.0. The van der Waals surface area contributed by atoms with E-state index >= 15 is 0 Å². The van der Waals surface area contributed by atoms with E-state index in [0.717, 1.165) is 6.07 Å². The lowest BCUT2D eigenvalue weighted by Gasteiger charge is -2.27. The summed E-state index contributed by atoms with van der Waals surface area (Å²) in [4.78, 5) is 23.8. The third kappa shape index (κ3) is 3.94. The second kappa shape index (κ2) is 7.41. The Morgan fingerprint density at radius 1 is 1.38 bits per heavy atom. The van der Waals surface area contributed by atoms with E-state index in [1.165, 1.54) is 12.1 Å². The summed E-state index contributed by atoms with van der Waals surface area (Å²) in [6, 6.07) is 3.67. The lowest BCUT2D eigenvalue weighted by Crippen LogP contribution is -2.42. The van der Waals surface area contributed by atoms with Crippen LogP contribution >= 0.6 is 11.6 Å². The highest BCUT2D eigenvalue weighted by Crippen LogP contribution is 2.34. The number of hydrogen-bond donors (Lipinski definition) is 1. The van der Waals surface area contributed by atoms with Gasteiger partial charge in [0.15, 0.2) is 5.41 Å².